The molecule has 2 aromatic carbocycles. The molecule has 0 saturated heterocycles. The molecule has 0 N–H and O–H groups in total. The lowest BCUT2D eigenvalue weighted by Crippen LogP contribution is -2.32. The molecule has 3 heterocycles. The number of cyclic esters (lactones) is 2. The van der Waals surface area contributed by atoms with Crippen LogP contribution in [-0.4, -0.2) is 25.2 Å². The van der Waals surface area contributed by atoms with Gasteiger partial charge in [-0.3, -0.25) is 0 Å². The fourth-order valence-electron chi connectivity index (χ4n) is 3.98. The van der Waals surface area contributed by atoms with Crippen molar-refractivity contribution >= 4 is 40.8 Å². The molecule has 7 heteroatoms. The lowest BCUT2D eigenvalue weighted by Gasteiger charge is -2.33. The maximum atomic E-state index is 12.7. The summed E-state index contributed by atoms with van der Waals surface area (Å²) in [5.74, 6) is -1.38. The van der Waals surface area contributed by atoms with Gasteiger partial charge in [-0.15, -0.1) is 0 Å². The molecule has 0 radical (unpaired) electrons. The van der Waals surface area contributed by atoms with E-state index in [9.17, 15) is 9.59 Å². The summed E-state index contributed by atoms with van der Waals surface area (Å²) in [4.78, 5) is 27.1. The first-order valence-electron chi connectivity index (χ1n) is 8.66. The third kappa shape index (κ3) is 2.47. The van der Waals surface area contributed by atoms with Gasteiger partial charge in [0.15, 0.2) is 0 Å². The predicted octanol–water partition coefficient (Wildman–Crippen LogP) is 4.22. The zero-order chi connectivity index (χ0) is 19.4. The number of rotatable bonds is 2. The summed E-state index contributed by atoms with van der Waals surface area (Å²) in [6.45, 7) is 0.228. The van der Waals surface area contributed by atoms with E-state index in [4.69, 9.17) is 32.7 Å². The Labute approximate surface area is 170 Å². The average Bonchev–Trinajstić information content (AvgIpc) is 3.27. The second-order valence-corrected chi connectivity index (χ2v) is 7.46. The van der Waals surface area contributed by atoms with Crippen LogP contribution in [0.15, 0.2) is 71.1 Å². The standard InChI is InChI=1S/C21H13Cl2NO4/c22-13-7-6-12(8-14(13)23)24-15-9-27-20(25)18(15)17(11-4-2-1-3-5-11)19-16(24)10-28-21(19)26/h1-8,17H,9-10H2. The number of ether oxygens (including phenoxy) is 2. The van der Waals surface area contributed by atoms with Crippen LogP contribution in [0.1, 0.15) is 11.5 Å². The summed E-state index contributed by atoms with van der Waals surface area (Å²) >= 11 is 12.3. The molecule has 3 aliphatic heterocycles. The van der Waals surface area contributed by atoms with Crippen molar-refractivity contribution in [3.05, 3.63) is 86.7 Å². The molecule has 0 aromatic heterocycles. The highest BCUT2D eigenvalue weighted by Gasteiger charge is 2.48. The minimum absolute atomic E-state index is 0.114. The number of nitrogens with zero attached hydrogens (tertiary/aromatic N) is 1. The molecule has 28 heavy (non-hydrogen) atoms. The molecule has 140 valence electrons. The highest BCUT2D eigenvalue weighted by Crippen LogP contribution is 2.48. The number of carbonyl (C=O) groups is 2. The molecule has 0 atom stereocenters. The highest BCUT2D eigenvalue weighted by molar-refractivity contribution is 6.42. The summed E-state index contributed by atoms with van der Waals surface area (Å²) in [5.41, 5.74) is 3.82. The Morgan fingerprint density at radius 1 is 0.821 bits per heavy atom. The monoisotopic (exact) mass is 413 g/mol. The molecule has 3 aliphatic rings. The molecule has 0 fully saturated rings. The third-order valence-corrected chi connectivity index (χ3v) is 5.89. The molecular weight excluding hydrogens is 401 g/mol. The van der Waals surface area contributed by atoms with E-state index in [0.29, 0.717) is 38.3 Å². The zero-order valence-electron chi connectivity index (χ0n) is 14.4. The number of carbonyl (C=O) groups excluding carboxylic acids is 2. The molecule has 5 rings (SSSR count). The van der Waals surface area contributed by atoms with Gasteiger partial charge < -0.3 is 14.4 Å². The lowest BCUT2D eigenvalue weighted by molar-refractivity contribution is -0.136. The van der Waals surface area contributed by atoms with E-state index in [1.807, 2.05) is 35.2 Å². The third-order valence-electron chi connectivity index (χ3n) is 5.15. The van der Waals surface area contributed by atoms with Crippen molar-refractivity contribution in [2.75, 3.05) is 18.1 Å². The van der Waals surface area contributed by atoms with E-state index in [2.05, 4.69) is 0 Å². The summed E-state index contributed by atoms with van der Waals surface area (Å²) in [5, 5.41) is 0.801. The highest BCUT2D eigenvalue weighted by atomic mass is 35.5. The van der Waals surface area contributed by atoms with E-state index in [-0.39, 0.29) is 13.2 Å². The van der Waals surface area contributed by atoms with Crippen LogP contribution in [0.3, 0.4) is 0 Å². The molecule has 0 bridgehead atoms. The number of hydrogen-bond acceptors (Lipinski definition) is 5. The van der Waals surface area contributed by atoms with Crippen molar-refractivity contribution in [3.8, 4) is 0 Å². The van der Waals surface area contributed by atoms with Gasteiger partial charge in [-0.1, -0.05) is 53.5 Å². The molecule has 2 aromatic rings. The first-order valence-corrected chi connectivity index (χ1v) is 9.42. The van der Waals surface area contributed by atoms with Crippen molar-refractivity contribution in [2.24, 2.45) is 0 Å². The average molecular weight is 414 g/mol. The predicted molar refractivity (Wildman–Crippen MR) is 104 cm³/mol. The van der Waals surface area contributed by atoms with Gasteiger partial charge >= 0.3 is 11.9 Å². The van der Waals surface area contributed by atoms with Crippen molar-refractivity contribution in [1.29, 1.82) is 0 Å². The summed E-state index contributed by atoms with van der Waals surface area (Å²) in [6.07, 6.45) is 0. The Bertz CT molecular complexity index is 1050. The number of benzene rings is 2. The topological polar surface area (TPSA) is 55.8 Å². The minimum atomic E-state index is -0.518. The van der Waals surface area contributed by atoms with Crippen LogP contribution in [-0.2, 0) is 19.1 Å². The first-order chi connectivity index (χ1) is 13.6. The van der Waals surface area contributed by atoms with Gasteiger partial charge in [0, 0.05) is 5.69 Å². The zero-order valence-corrected chi connectivity index (χ0v) is 16.0. The van der Waals surface area contributed by atoms with Crippen LogP contribution < -0.4 is 4.90 Å². The van der Waals surface area contributed by atoms with Crippen molar-refractivity contribution in [3.63, 3.8) is 0 Å². The molecule has 0 unspecified atom stereocenters. The number of halogens is 2. The van der Waals surface area contributed by atoms with E-state index in [0.717, 1.165) is 5.56 Å². The Morgan fingerprint density at radius 3 is 2.00 bits per heavy atom. The number of anilines is 1. The Kier molecular flexibility index (Phi) is 3.96. The van der Waals surface area contributed by atoms with Crippen molar-refractivity contribution in [1.82, 2.24) is 0 Å². The van der Waals surface area contributed by atoms with Gasteiger partial charge in [-0.2, -0.15) is 0 Å². The van der Waals surface area contributed by atoms with E-state index in [1.54, 1.807) is 18.2 Å². The van der Waals surface area contributed by atoms with Crippen LogP contribution in [0.5, 0.6) is 0 Å². The smallest absolute Gasteiger partial charge is 0.337 e. The molecule has 0 amide bonds. The quantitative estimate of drug-likeness (QED) is 0.689. The summed E-state index contributed by atoms with van der Waals surface area (Å²) in [6, 6.07) is 14.6. The molecule has 0 saturated carbocycles. The van der Waals surface area contributed by atoms with Gasteiger partial charge in [0.25, 0.3) is 0 Å². The Balaban J connectivity index is 1.76. The van der Waals surface area contributed by atoms with Crippen LogP contribution in [0.25, 0.3) is 0 Å². The molecule has 5 nitrogen and oxygen atoms in total. The molecule has 0 spiro atoms. The van der Waals surface area contributed by atoms with Gasteiger partial charge in [-0.05, 0) is 23.8 Å². The normalized spacial score (nSPS) is 19.0. The van der Waals surface area contributed by atoms with Gasteiger partial charge in [-0.25, -0.2) is 9.59 Å². The van der Waals surface area contributed by atoms with Crippen LogP contribution >= 0.6 is 23.2 Å². The Hall–Kier alpha value is -2.76. The first kappa shape index (κ1) is 17.3. The summed E-state index contributed by atoms with van der Waals surface area (Å²) < 4.78 is 10.7. The lowest BCUT2D eigenvalue weighted by atomic mass is 9.80. The van der Waals surface area contributed by atoms with Crippen molar-refractivity contribution < 1.29 is 19.1 Å². The molecular formula is C21H13Cl2NO4. The van der Waals surface area contributed by atoms with Gasteiger partial charge in [0.1, 0.15) is 13.2 Å². The fourth-order valence-corrected chi connectivity index (χ4v) is 4.27. The Morgan fingerprint density at radius 2 is 1.43 bits per heavy atom. The van der Waals surface area contributed by atoms with Crippen LogP contribution in [0, 0.1) is 0 Å². The van der Waals surface area contributed by atoms with E-state index < -0.39 is 17.9 Å². The van der Waals surface area contributed by atoms with E-state index >= 15 is 0 Å². The largest absolute Gasteiger partial charge is 0.456 e. The SMILES string of the molecule is O=C1OCC2=C1C(c1ccccc1)C1=C(COC1=O)N2c1ccc(Cl)c(Cl)c1. The number of esters is 2. The fraction of sp³-hybridized carbons (Fsp3) is 0.143. The maximum absolute atomic E-state index is 12.7. The van der Waals surface area contributed by atoms with Gasteiger partial charge in [0.2, 0.25) is 0 Å². The summed E-state index contributed by atoms with van der Waals surface area (Å²) in [7, 11) is 0. The molecule has 0 aliphatic carbocycles. The second-order valence-electron chi connectivity index (χ2n) is 6.65. The van der Waals surface area contributed by atoms with Gasteiger partial charge in [0.05, 0.1) is 38.5 Å². The minimum Gasteiger partial charge on any atom is -0.456 e. The number of hydrogen-bond donors (Lipinski definition) is 0. The maximum Gasteiger partial charge on any atom is 0.337 e. The van der Waals surface area contributed by atoms with E-state index in [1.165, 1.54) is 0 Å². The van der Waals surface area contributed by atoms with Crippen LogP contribution in [0.2, 0.25) is 10.0 Å². The van der Waals surface area contributed by atoms with Crippen molar-refractivity contribution in [2.45, 2.75) is 5.92 Å². The van der Waals surface area contributed by atoms with Crippen LogP contribution in [0.4, 0.5) is 5.69 Å². The second kappa shape index (κ2) is 6.40.